The lowest BCUT2D eigenvalue weighted by Crippen LogP contribution is -2.13. The molecular weight excluding hydrogens is 218 g/mol. The normalized spacial score (nSPS) is 9.82. The molecule has 2 N–H and O–H groups in total. The number of nitrogens with one attached hydrogen (secondary N) is 1. The van der Waals surface area contributed by atoms with E-state index in [9.17, 15) is 4.79 Å². The molecule has 1 aromatic heterocycles. The van der Waals surface area contributed by atoms with Crippen LogP contribution in [0.15, 0.2) is 30.5 Å². The van der Waals surface area contributed by atoms with Crippen LogP contribution in [0.4, 0.5) is 5.82 Å². The predicted molar refractivity (Wildman–Crippen MR) is 62.6 cm³/mol. The first-order valence-corrected chi connectivity index (χ1v) is 4.95. The topological polar surface area (TPSA) is 86.0 Å². The van der Waals surface area contributed by atoms with Crippen LogP contribution >= 0.6 is 0 Å². The highest BCUT2D eigenvalue weighted by Crippen LogP contribution is 2.21. The van der Waals surface area contributed by atoms with Crippen LogP contribution in [-0.4, -0.2) is 22.6 Å². The van der Waals surface area contributed by atoms with Gasteiger partial charge >= 0.3 is 5.97 Å². The Morgan fingerprint density at radius 2 is 2.29 bits per heavy atom. The maximum atomic E-state index is 10.5. The number of aromatic nitrogens is 1. The highest BCUT2D eigenvalue weighted by molar-refractivity contribution is 5.93. The molecule has 0 spiro atoms. The van der Waals surface area contributed by atoms with Crippen molar-refractivity contribution in [3.05, 3.63) is 36.0 Å². The van der Waals surface area contributed by atoms with E-state index in [1.54, 1.807) is 30.5 Å². The molecule has 0 aliphatic heterocycles. The van der Waals surface area contributed by atoms with Crippen molar-refractivity contribution >= 4 is 22.6 Å². The van der Waals surface area contributed by atoms with E-state index in [0.29, 0.717) is 11.4 Å². The summed E-state index contributed by atoms with van der Waals surface area (Å²) < 4.78 is 0. The largest absolute Gasteiger partial charge is 0.480 e. The standard InChI is InChI=1S/C12H9N3O2/c13-6-8-1-2-10-9(5-8)3-4-14-12(10)15-7-11(16)17/h1-5H,7H2,(H,14,15)(H,16,17). The van der Waals surface area contributed by atoms with Gasteiger partial charge in [0.25, 0.3) is 0 Å². The number of nitrogens with zero attached hydrogens (tertiary/aromatic N) is 2. The Bertz CT molecular complexity index is 617. The van der Waals surface area contributed by atoms with E-state index in [0.717, 1.165) is 10.8 Å². The summed E-state index contributed by atoms with van der Waals surface area (Å²) in [6, 6.07) is 9.00. The molecule has 0 aliphatic carbocycles. The van der Waals surface area contributed by atoms with Crippen molar-refractivity contribution < 1.29 is 9.90 Å². The van der Waals surface area contributed by atoms with Crippen LogP contribution in [0.25, 0.3) is 10.8 Å². The van der Waals surface area contributed by atoms with Gasteiger partial charge in [-0.1, -0.05) is 0 Å². The number of hydrogen-bond donors (Lipinski definition) is 2. The van der Waals surface area contributed by atoms with Gasteiger partial charge in [0.05, 0.1) is 11.6 Å². The zero-order chi connectivity index (χ0) is 12.3. The van der Waals surface area contributed by atoms with Crippen LogP contribution in [-0.2, 0) is 4.79 Å². The first kappa shape index (κ1) is 10.9. The second-order valence-corrected chi connectivity index (χ2v) is 3.45. The quantitative estimate of drug-likeness (QED) is 0.831. The van der Waals surface area contributed by atoms with E-state index >= 15 is 0 Å². The lowest BCUT2D eigenvalue weighted by atomic mass is 10.1. The van der Waals surface area contributed by atoms with E-state index in [-0.39, 0.29) is 6.54 Å². The Hall–Kier alpha value is -2.61. The maximum absolute atomic E-state index is 10.5. The summed E-state index contributed by atoms with van der Waals surface area (Å²) >= 11 is 0. The third kappa shape index (κ3) is 2.32. The van der Waals surface area contributed by atoms with E-state index in [2.05, 4.69) is 16.4 Å². The second-order valence-electron chi connectivity index (χ2n) is 3.45. The molecule has 2 rings (SSSR count). The van der Waals surface area contributed by atoms with E-state index in [1.165, 1.54) is 0 Å². The minimum Gasteiger partial charge on any atom is -0.480 e. The molecule has 0 aliphatic rings. The molecule has 0 radical (unpaired) electrons. The van der Waals surface area contributed by atoms with Gasteiger partial charge in [-0.15, -0.1) is 0 Å². The lowest BCUT2D eigenvalue weighted by molar-refractivity contribution is -0.134. The van der Waals surface area contributed by atoms with Crippen molar-refractivity contribution in [2.45, 2.75) is 0 Å². The number of fused-ring (bicyclic) bond motifs is 1. The predicted octanol–water partition coefficient (Wildman–Crippen LogP) is 1.60. The van der Waals surface area contributed by atoms with Crippen molar-refractivity contribution in [3.8, 4) is 6.07 Å². The fourth-order valence-corrected chi connectivity index (χ4v) is 1.55. The van der Waals surface area contributed by atoms with Gasteiger partial charge in [-0.25, -0.2) is 4.98 Å². The molecule has 0 unspecified atom stereocenters. The Balaban J connectivity index is 2.44. The highest BCUT2D eigenvalue weighted by Gasteiger charge is 2.04. The van der Waals surface area contributed by atoms with E-state index < -0.39 is 5.97 Å². The summed E-state index contributed by atoms with van der Waals surface area (Å²) in [5, 5.41) is 21.8. The number of nitriles is 1. The summed E-state index contributed by atoms with van der Waals surface area (Å²) in [5.74, 6) is -0.438. The first-order chi connectivity index (χ1) is 8.20. The Morgan fingerprint density at radius 3 is 3.00 bits per heavy atom. The molecule has 0 fully saturated rings. The zero-order valence-corrected chi connectivity index (χ0v) is 8.84. The van der Waals surface area contributed by atoms with Gasteiger partial charge in [0.1, 0.15) is 12.4 Å². The van der Waals surface area contributed by atoms with Crippen molar-refractivity contribution in [1.29, 1.82) is 5.26 Å². The summed E-state index contributed by atoms with van der Waals surface area (Å²) in [7, 11) is 0. The fraction of sp³-hybridized carbons (Fsp3) is 0.0833. The Labute approximate surface area is 97.3 Å². The SMILES string of the molecule is N#Cc1ccc2c(NCC(=O)O)nccc2c1. The van der Waals surface area contributed by atoms with Crippen molar-refractivity contribution in [1.82, 2.24) is 4.98 Å². The van der Waals surface area contributed by atoms with Gasteiger partial charge in [-0.3, -0.25) is 4.79 Å². The number of aliphatic carboxylic acids is 1. The van der Waals surface area contributed by atoms with Crippen LogP contribution in [0, 0.1) is 11.3 Å². The van der Waals surface area contributed by atoms with Gasteiger partial charge in [-0.2, -0.15) is 5.26 Å². The van der Waals surface area contributed by atoms with Crippen LogP contribution in [0.2, 0.25) is 0 Å². The molecule has 0 atom stereocenters. The van der Waals surface area contributed by atoms with Crippen molar-refractivity contribution in [3.63, 3.8) is 0 Å². The number of rotatable bonds is 3. The minimum atomic E-state index is -0.947. The van der Waals surface area contributed by atoms with Crippen LogP contribution in [0.3, 0.4) is 0 Å². The number of carboxylic acids is 1. The third-order valence-corrected chi connectivity index (χ3v) is 2.30. The minimum absolute atomic E-state index is 0.188. The van der Waals surface area contributed by atoms with Gasteiger partial charge in [0.15, 0.2) is 0 Å². The molecule has 2 aromatic rings. The molecule has 5 heteroatoms. The summed E-state index contributed by atoms with van der Waals surface area (Å²) in [6.45, 7) is -0.188. The van der Waals surface area contributed by atoms with Gasteiger partial charge in [0, 0.05) is 11.6 Å². The van der Waals surface area contributed by atoms with Crippen LogP contribution in [0.5, 0.6) is 0 Å². The Kier molecular flexibility index (Phi) is 2.88. The molecule has 1 aromatic carbocycles. The average Bonchev–Trinajstić information content (AvgIpc) is 2.35. The molecule has 0 amide bonds. The summed E-state index contributed by atoms with van der Waals surface area (Å²) in [5.41, 5.74) is 0.563. The number of pyridine rings is 1. The molecule has 1 heterocycles. The highest BCUT2D eigenvalue weighted by atomic mass is 16.4. The third-order valence-electron chi connectivity index (χ3n) is 2.30. The molecular formula is C12H9N3O2. The molecule has 0 saturated heterocycles. The average molecular weight is 227 g/mol. The lowest BCUT2D eigenvalue weighted by Gasteiger charge is -2.06. The van der Waals surface area contributed by atoms with Gasteiger partial charge in [0.2, 0.25) is 0 Å². The van der Waals surface area contributed by atoms with Gasteiger partial charge < -0.3 is 10.4 Å². The summed E-state index contributed by atoms with van der Waals surface area (Å²) in [6.07, 6.45) is 1.58. The smallest absolute Gasteiger partial charge is 0.322 e. The van der Waals surface area contributed by atoms with E-state index in [1.807, 2.05) is 0 Å². The molecule has 0 bridgehead atoms. The monoisotopic (exact) mass is 227 g/mol. The molecule has 0 saturated carbocycles. The fourth-order valence-electron chi connectivity index (χ4n) is 1.55. The number of anilines is 1. The summed E-state index contributed by atoms with van der Waals surface area (Å²) in [4.78, 5) is 14.6. The number of carbonyl (C=O) groups is 1. The number of hydrogen-bond acceptors (Lipinski definition) is 4. The number of benzene rings is 1. The van der Waals surface area contributed by atoms with Gasteiger partial charge in [-0.05, 0) is 29.7 Å². The number of carboxylic acid groups (broad SMARTS) is 1. The molecule has 17 heavy (non-hydrogen) atoms. The maximum Gasteiger partial charge on any atom is 0.322 e. The Morgan fingerprint density at radius 1 is 1.47 bits per heavy atom. The van der Waals surface area contributed by atoms with Crippen LogP contribution < -0.4 is 5.32 Å². The molecule has 84 valence electrons. The van der Waals surface area contributed by atoms with Crippen LogP contribution in [0.1, 0.15) is 5.56 Å². The first-order valence-electron chi connectivity index (χ1n) is 4.95. The van der Waals surface area contributed by atoms with Crippen molar-refractivity contribution in [2.75, 3.05) is 11.9 Å². The second kappa shape index (κ2) is 4.49. The molecule has 5 nitrogen and oxygen atoms in total. The zero-order valence-electron chi connectivity index (χ0n) is 8.84. The van der Waals surface area contributed by atoms with Crippen molar-refractivity contribution in [2.24, 2.45) is 0 Å². The van der Waals surface area contributed by atoms with E-state index in [4.69, 9.17) is 10.4 Å².